The van der Waals surface area contributed by atoms with Crippen molar-refractivity contribution in [2.75, 3.05) is 18.0 Å². The van der Waals surface area contributed by atoms with Gasteiger partial charge >= 0.3 is 0 Å². The third-order valence-electron chi connectivity index (χ3n) is 5.71. The molecule has 0 aliphatic carbocycles. The van der Waals surface area contributed by atoms with E-state index in [2.05, 4.69) is 43.0 Å². The SMILES string of the molecule is Cn1cc2cc(-c3ccc4nc(N5CC(C)(C)NC(C)(C)C5)ccc4n3)c(O)cc2n1. The first-order valence-electron chi connectivity index (χ1n) is 10.6. The van der Waals surface area contributed by atoms with E-state index in [4.69, 9.17) is 9.97 Å². The first kappa shape index (κ1) is 19.8. The third-order valence-corrected chi connectivity index (χ3v) is 5.71. The molecule has 3 aromatic heterocycles. The van der Waals surface area contributed by atoms with Crippen LogP contribution in [0, 0.1) is 0 Å². The van der Waals surface area contributed by atoms with E-state index in [1.54, 1.807) is 10.7 Å². The van der Waals surface area contributed by atoms with Gasteiger partial charge in [0.1, 0.15) is 11.6 Å². The minimum absolute atomic E-state index is 0.00294. The van der Waals surface area contributed by atoms with Crippen molar-refractivity contribution in [3.63, 3.8) is 0 Å². The molecule has 1 aliphatic heterocycles. The zero-order chi connectivity index (χ0) is 22.0. The normalized spacial score (nSPS) is 18.0. The monoisotopic (exact) mass is 416 g/mol. The van der Waals surface area contributed by atoms with E-state index in [-0.39, 0.29) is 16.8 Å². The molecule has 160 valence electrons. The van der Waals surface area contributed by atoms with Crippen molar-refractivity contribution in [2.24, 2.45) is 7.05 Å². The number of hydrogen-bond acceptors (Lipinski definition) is 6. The molecule has 0 atom stereocenters. The first-order valence-corrected chi connectivity index (χ1v) is 10.6. The van der Waals surface area contributed by atoms with Gasteiger partial charge in [-0.1, -0.05) is 0 Å². The second kappa shape index (κ2) is 6.65. The maximum atomic E-state index is 10.5. The number of nitrogens with one attached hydrogen (secondary N) is 1. The van der Waals surface area contributed by atoms with Crippen LogP contribution in [-0.4, -0.2) is 49.0 Å². The lowest BCUT2D eigenvalue weighted by molar-refractivity contribution is 0.225. The molecule has 4 aromatic rings. The molecule has 31 heavy (non-hydrogen) atoms. The quantitative estimate of drug-likeness (QED) is 0.517. The summed E-state index contributed by atoms with van der Waals surface area (Å²) in [5.41, 5.74) is 3.83. The summed E-state index contributed by atoms with van der Waals surface area (Å²) in [6.07, 6.45) is 1.93. The van der Waals surface area contributed by atoms with Crippen molar-refractivity contribution in [2.45, 2.75) is 38.8 Å². The summed E-state index contributed by atoms with van der Waals surface area (Å²) in [5, 5.41) is 19.6. The van der Waals surface area contributed by atoms with Crippen molar-refractivity contribution in [3.05, 3.63) is 42.6 Å². The Morgan fingerprint density at radius 2 is 1.58 bits per heavy atom. The lowest BCUT2D eigenvalue weighted by Gasteiger charge is -2.48. The summed E-state index contributed by atoms with van der Waals surface area (Å²) < 4.78 is 1.74. The van der Waals surface area contributed by atoms with Gasteiger partial charge in [-0.3, -0.25) is 4.68 Å². The lowest BCUT2D eigenvalue weighted by atomic mass is 9.91. The minimum Gasteiger partial charge on any atom is -0.507 e. The molecule has 2 N–H and O–H groups in total. The predicted molar refractivity (Wildman–Crippen MR) is 124 cm³/mol. The molecule has 0 unspecified atom stereocenters. The van der Waals surface area contributed by atoms with Gasteiger partial charge in [0.15, 0.2) is 0 Å². The van der Waals surface area contributed by atoms with Crippen LogP contribution in [-0.2, 0) is 7.05 Å². The Bertz CT molecular complexity index is 1290. The van der Waals surface area contributed by atoms with Crippen molar-refractivity contribution < 1.29 is 5.11 Å². The number of aromatic hydroxyl groups is 1. The number of phenolic OH excluding ortho intramolecular Hbond substituents is 1. The van der Waals surface area contributed by atoms with Crippen molar-refractivity contribution in [3.8, 4) is 17.0 Å². The summed E-state index contributed by atoms with van der Waals surface area (Å²) in [6.45, 7) is 10.7. The van der Waals surface area contributed by atoms with Crippen LogP contribution in [0.25, 0.3) is 33.2 Å². The largest absolute Gasteiger partial charge is 0.507 e. The molecule has 0 radical (unpaired) electrons. The molecule has 0 amide bonds. The molecule has 1 saturated heterocycles. The van der Waals surface area contributed by atoms with Crippen LogP contribution in [0.3, 0.4) is 0 Å². The van der Waals surface area contributed by atoms with E-state index >= 15 is 0 Å². The average Bonchev–Trinajstić information content (AvgIpc) is 3.03. The van der Waals surface area contributed by atoms with Gasteiger partial charge in [0, 0.05) is 54.4 Å². The van der Waals surface area contributed by atoms with Crippen LogP contribution in [0.2, 0.25) is 0 Å². The molecule has 7 heteroatoms. The second-order valence-electron chi connectivity index (χ2n) is 9.88. The highest BCUT2D eigenvalue weighted by atomic mass is 16.3. The van der Waals surface area contributed by atoms with E-state index < -0.39 is 0 Å². The number of aryl methyl sites for hydroxylation is 1. The van der Waals surface area contributed by atoms with Gasteiger partial charge < -0.3 is 15.3 Å². The number of nitrogens with zero attached hydrogens (tertiary/aromatic N) is 5. The molecular formula is C24H28N6O. The zero-order valence-corrected chi connectivity index (χ0v) is 18.6. The Hall–Kier alpha value is -3.19. The number of piperazine rings is 1. The Morgan fingerprint density at radius 1 is 0.903 bits per heavy atom. The third kappa shape index (κ3) is 3.70. The second-order valence-corrected chi connectivity index (χ2v) is 9.88. The molecule has 1 aliphatic rings. The first-order chi connectivity index (χ1) is 14.6. The van der Waals surface area contributed by atoms with E-state index in [0.717, 1.165) is 46.5 Å². The van der Waals surface area contributed by atoms with Crippen LogP contribution in [0.4, 0.5) is 5.82 Å². The van der Waals surface area contributed by atoms with Gasteiger partial charge in [0.2, 0.25) is 0 Å². The molecule has 0 bridgehead atoms. The molecule has 4 heterocycles. The number of pyridine rings is 2. The van der Waals surface area contributed by atoms with E-state index in [1.807, 2.05) is 43.6 Å². The van der Waals surface area contributed by atoms with Crippen LogP contribution < -0.4 is 10.2 Å². The zero-order valence-electron chi connectivity index (χ0n) is 18.6. The summed E-state index contributed by atoms with van der Waals surface area (Å²) in [4.78, 5) is 12.0. The number of benzene rings is 1. The Labute approximate surface area is 181 Å². The fourth-order valence-electron chi connectivity index (χ4n) is 4.88. The topological polar surface area (TPSA) is 79.1 Å². The smallest absolute Gasteiger partial charge is 0.129 e. The molecule has 5 rings (SSSR count). The van der Waals surface area contributed by atoms with Gasteiger partial charge in [-0.2, -0.15) is 5.10 Å². The van der Waals surface area contributed by atoms with Crippen molar-refractivity contribution in [1.29, 1.82) is 0 Å². The Morgan fingerprint density at radius 3 is 2.32 bits per heavy atom. The van der Waals surface area contributed by atoms with E-state index in [9.17, 15) is 5.11 Å². The summed E-state index contributed by atoms with van der Waals surface area (Å²) in [6, 6.07) is 11.6. The number of anilines is 1. The van der Waals surface area contributed by atoms with Crippen LogP contribution in [0.5, 0.6) is 5.75 Å². The Balaban J connectivity index is 1.52. The molecule has 1 fully saturated rings. The minimum atomic E-state index is 0.00294. The lowest BCUT2D eigenvalue weighted by Crippen LogP contribution is -2.67. The number of aromatic nitrogens is 4. The van der Waals surface area contributed by atoms with Crippen molar-refractivity contribution in [1.82, 2.24) is 25.1 Å². The summed E-state index contributed by atoms with van der Waals surface area (Å²) >= 11 is 0. The molecule has 0 saturated carbocycles. The number of hydrogen-bond donors (Lipinski definition) is 2. The number of rotatable bonds is 2. The highest BCUT2D eigenvalue weighted by Gasteiger charge is 2.37. The van der Waals surface area contributed by atoms with Gasteiger partial charge in [0.05, 0.1) is 22.2 Å². The van der Waals surface area contributed by atoms with Crippen LogP contribution in [0.15, 0.2) is 42.6 Å². The number of phenols is 1. The van der Waals surface area contributed by atoms with Gasteiger partial charge in [-0.25, -0.2) is 9.97 Å². The fourth-order valence-corrected chi connectivity index (χ4v) is 4.88. The maximum absolute atomic E-state index is 10.5. The molecular weight excluding hydrogens is 388 g/mol. The number of fused-ring (bicyclic) bond motifs is 2. The highest BCUT2D eigenvalue weighted by molar-refractivity contribution is 5.88. The maximum Gasteiger partial charge on any atom is 0.129 e. The standard InChI is InChI=1S/C24H28N6O/c1-23(2)13-30(14-24(3,4)28-23)22-9-8-18-19(26-22)7-6-17(25-18)16-10-15-12-29(5)27-20(15)11-21(16)31/h6-12,28,31H,13-14H2,1-5H3. The van der Waals surface area contributed by atoms with Gasteiger partial charge in [0.25, 0.3) is 0 Å². The van der Waals surface area contributed by atoms with Gasteiger partial charge in [-0.05, 0) is 58.0 Å². The molecule has 0 spiro atoms. The highest BCUT2D eigenvalue weighted by Crippen LogP contribution is 2.33. The summed E-state index contributed by atoms with van der Waals surface area (Å²) in [5.74, 6) is 1.14. The predicted octanol–water partition coefficient (Wildman–Crippen LogP) is 3.86. The Kier molecular flexibility index (Phi) is 4.24. The molecule has 7 nitrogen and oxygen atoms in total. The van der Waals surface area contributed by atoms with Crippen LogP contribution in [0.1, 0.15) is 27.7 Å². The van der Waals surface area contributed by atoms with Crippen molar-refractivity contribution >= 4 is 27.8 Å². The van der Waals surface area contributed by atoms with E-state index in [1.165, 1.54) is 0 Å². The van der Waals surface area contributed by atoms with E-state index in [0.29, 0.717) is 5.56 Å². The van der Waals surface area contributed by atoms with Crippen LogP contribution >= 0.6 is 0 Å². The summed E-state index contributed by atoms with van der Waals surface area (Å²) in [7, 11) is 1.87. The molecule has 1 aromatic carbocycles. The average molecular weight is 417 g/mol. The van der Waals surface area contributed by atoms with Gasteiger partial charge in [-0.15, -0.1) is 0 Å². The fraction of sp³-hybridized carbons (Fsp3) is 0.375.